The molecule has 0 aromatic carbocycles. The van der Waals surface area contributed by atoms with Gasteiger partial charge in [0, 0.05) is 11.9 Å². The second-order valence-electron chi connectivity index (χ2n) is 3.79. The first-order valence-corrected chi connectivity index (χ1v) is 4.40. The molecule has 0 saturated heterocycles. The van der Waals surface area contributed by atoms with Crippen LogP contribution in [0.2, 0.25) is 0 Å². The van der Waals surface area contributed by atoms with Crippen LogP contribution in [0.3, 0.4) is 0 Å². The third-order valence-corrected chi connectivity index (χ3v) is 2.06. The Labute approximate surface area is 82.1 Å². The number of aryl methyl sites for hydroxylation is 1. The van der Waals surface area contributed by atoms with Crippen LogP contribution in [0, 0.1) is 6.92 Å². The standard InChI is InChI=1S/C10H14F2N2/c1-7-3-4-8(6-14-7)5-10(2,13)9(11)12/h3-4,6,9H,5,13H2,1-2H3. The van der Waals surface area contributed by atoms with Crippen molar-refractivity contribution in [2.45, 2.75) is 32.2 Å². The quantitative estimate of drug-likeness (QED) is 0.809. The summed E-state index contributed by atoms with van der Waals surface area (Å²) in [5, 5.41) is 0. The van der Waals surface area contributed by atoms with Crippen molar-refractivity contribution in [1.29, 1.82) is 0 Å². The van der Waals surface area contributed by atoms with E-state index in [0.29, 0.717) is 0 Å². The van der Waals surface area contributed by atoms with E-state index in [9.17, 15) is 8.78 Å². The largest absolute Gasteiger partial charge is 0.320 e. The van der Waals surface area contributed by atoms with Gasteiger partial charge < -0.3 is 5.73 Å². The van der Waals surface area contributed by atoms with Crippen molar-refractivity contribution in [3.8, 4) is 0 Å². The lowest BCUT2D eigenvalue weighted by molar-refractivity contribution is 0.0639. The second kappa shape index (κ2) is 4.00. The molecule has 0 aliphatic heterocycles. The lowest BCUT2D eigenvalue weighted by atomic mass is 9.95. The predicted octanol–water partition coefficient (Wildman–Crippen LogP) is 1.92. The van der Waals surface area contributed by atoms with Gasteiger partial charge in [-0.25, -0.2) is 8.78 Å². The molecule has 0 aliphatic carbocycles. The van der Waals surface area contributed by atoms with Gasteiger partial charge in [0.15, 0.2) is 0 Å². The van der Waals surface area contributed by atoms with Gasteiger partial charge in [-0.05, 0) is 31.9 Å². The fourth-order valence-electron chi connectivity index (χ4n) is 1.12. The maximum absolute atomic E-state index is 12.4. The summed E-state index contributed by atoms with van der Waals surface area (Å²) in [6, 6.07) is 3.56. The summed E-state index contributed by atoms with van der Waals surface area (Å²) < 4.78 is 24.9. The van der Waals surface area contributed by atoms with Crippen LogP contribution in [0.15, 0.2) is 18.3 Å². The molecule has 14 heavy (non-hydrogen) atoms. The zero-order valence-electron chi connectivity index (χ0n) is 8.30. The van der Waals surface area contributed by atoms with Crippen molar-refractivity contribution in [3.05, 3.63) is 29.6 Å². The van der Waals surface area contributed by atoms with E-state index in [0.717, 1.165) is 11.3 Å². The maximum Gasteiger partial charge on any atom is 0.256 e. The molecule has 1 heterocycles. The van der Waals surface area contributed by atoms with Gasteiger partial charge >= 0.3 is 0 Å². The zero-order valence-corrected chi connectivity index (χ0v) is 8.30. The van der Waals surface area contributed by atoms with Crippen LogP contribution >= 0.6 is 0 Å². The molecule has 1 aromatic heterocycles. The normalized spacial score (nSPS) is 15.6. The second-order valence-corrected chi connectivity index (χ2v) is 3.79. The zero-order chi connectivity index (χ0) is 10.8. The van der Waals surface area contributed by atoms with Crippen molar-refractivity contribution in [2.75, 3.05) is 0 Å². The molecular weight excluding hydrogens is 186 g/mol. The van der Waals surface area contributed by atoms with Gasteiger partial charge in [-0.3, -0.25) is 4.98 Å². The molecule has 0 radical (unpaired) electrons. The Balaban J connectivity index is 2.74. The molecule has 0 bridgehead atoms. The molecule has 0 fully saturated rings. The molecule has 1 rings (SSSR count). The van der Waals surface area contributed by atoms with Crippen molar-refractivity contribution < 1.29 is 8.78 Å². The van der Waals surface area contributed by atoms with E-state index in [2.05, 4.69) is 4.98 Å². The highest BCUT2D eigenvalue weighted by molar-refractivity contribution is 5.16. The molecule has 0 saturated carbocycles. The summed E-state index contributed by atoms with van der Waals surface area (Å²) in [6.07, 6.45) is -0.801. The van der Waals surface area contributed by atoms with Crippen LogP contribution < -0.4 is 5.73 Å². The Morgan fingerprint density at radius 2 is 2.14 bits per heavy atom. The first-order chi connectivity index (χ1) is 6.42. The van der Waals surface area contributed by atoms with Crippen molar-refractivity contribution in [2.24, 2.45) is 5.73 Å². The lowest BCUT2D eigenvalue weighted by Crippen LogP contribution is -2.45. The van der Waals surface area contributed by atoms with Crippen LogP contribution in [0.25, 0.3) is 0 Å². The van der Waals surface area contributed by atoms with Crippen LogP contribution in [0.4, 0.5) is 8.78 Å². The third-order valence-electron chi connectivity index (χ3n) is 2.06. The van der Waals surface area contributed by atoms with E-state index in [-0.39, 0.29) is 6.42 Å². The summed E-state index contributed by atoms with van der Waals surface area (Å²) in [4.78, 5) is 4.02. The Kier molecular flexibility index (Phi) is 3.16. The van der Waals surface area contributed by atoms with E-state index in [1.54, 1.807) is 18.3 Å². The fraction of sp³-hybridized carbons (Fsp3) is 0.500. The molecule has 2 nitrogen and oxygen atoms in total. The van der Waals surface area contributed by atoms with Crippen molar-refractivity contribution in [1.82, 2.24) is 4.98 Å². The fourth-order valence-corrected chi connectivity index (χ4v) is 1.12. The Morgan fingerprint density at radius 3 is 2.57 bits per heavy atom. The minimum atomic E-state index is -2.52. The molecular formula is C10H14F2N2. The summed E-state index contributed by atoms with van der Waals surface area (Å²) in [6.45, 7) is 3.19. The Morgan fingerprint density at radius 1 is 1.50 bits per heavy atom. The number of hydrogen-bond acceptors (Lipinski definition) is 2. The average Bonchev–Trinajstić information content (AvgIpc) is 2.08. The van der Waals surface area contributed by atoms with E-state index in [4.69, 9.17) is 5.73 Å². The minimum Gasteiger partial charge on any atom is -0.320 e. The molecule has 1 aromatic rings. The van der Waals surface area contributed by atoms with Gasteiger partial charge in [-0.15, -0.1) is 0 Å². The van der Waals surface area contributed by atoms with Crippen LogP contribution in [-0.2, 0) is 6.42 Å². The topological polar surface area (TPSA) is 38.9 Å². The number of nitrogens with two attached hydrogens (primary N) is 1. The van der Waals surface area contributed by atoms with E-state index >= 15 is 0 Å². The van der Waals surface area contributed by atoms with E-state index in [1.807, 2.05) is 6.92 Å². The number of aromatic nitrogens is 1. The van der Waals surface area contributed by atoms with Crippen molar-refractivity contribution >= 4 is 0 Å². The van der Waals surface area contributed by atoms with E-state index < -0.39 is 12.0 Å². The van der Waals surface area contributed by atoms with Gasteiger partial charge in [0.1, 0.15) is 0 Å². The van der Waals surface area contributed by atoms with Gasteiger partial charge in [-0.2, -0.15) is 0 Å². The first kappa shape index (κ1) is 11.0. The summed E-state index contributed by atoms with van der Waals surface area (Å²) >= 11 is 0. The molecule has 1 unspecified atom stereocenters. The number of pyridine rings is 1. The van der Waals surface area contributed by atoms with Crippen molar-refractivity contribution in [3.63, 3.8) is 0 Å². The summed E-state index contributed by atoms with van der Waals surface area (Å²) in [7, 11) is 0. The van der Waals surface area contributed by atoms with Gasteiger partial charge in [0.2, 0.25) is 0 Å². The maximum atomic E-state index is 12.4. The number of nitrogens with zero attached hydrogens (tertiary/aromatic N) is 1. The molecule has 78 valence electrons. The van der Waals surface area contributed by atoms with Gasteiger partial charge in [0.05, 0.1) is 5.54 Å². The lowest BCUT2D eigenvalue weighted by Gasteiger charge is -2.23. The third kappa shape index (κ3) is 2.73. The summed E-state index contributed by atoms with van der Waals surface area (Å²) in [5.74, 6) is 0. The van der Waals surface area contributed by atoms with Gasteiger partial charge in [-0.1, -0.05) is 6.07 Å². The molecule has 2 N–H and O–H groups in total. The monoisotopic (exact) mass is 200 g/mol. The van der Waals surface area contributed by atoms with Crippen LogP contribution in [0.5, 0.6) is 0 Å². The first-order valence-electron chi connectivity index (χ1n) is 4.40. The minimum absolute atomic E-state index is 0.137. The van der Waals surface area contributed by atoms with Crippen LogP contribution in [0.1, 0.15) is 18.2 Å². The number of alkyl halides is 2. The Bertz CT molecular complexity index is 293. The molecule has 4 heteroatoms. The SMILES string of the molecule is Cc1ccc(CC(C)(N)C(F)F)cn1. The van der Waals surface area contributed by atoms with Crippen LogP contribution in [-0.4, -0.2) is 16.9 Å². The molecule has 0 aliphatic rings. The highest BCUT2D eigenvalue weighted by atomic mass is 19.3. The highest BCUT2D eigenvalue weighted by Gasteiger charge is 2.30. The molecule has 1 atom stereocenters. The number of halogens is 2. The number of hydrogen-bond donors (Lipinski definition) is 1. The highest BCUT2D eigenvalue weighted by Crippen LogP contribution is 2.17. The van der Waals surface area contributed by atoms with E-state index in [1.165, 1.54) is 6.92 Å². The molecule has 0 amide bonds. The average molecular weight is 200 g/mol. The predicted molar refractivity (Wildman–Crippen MR) is 51.3 cm³/mol. The van der Waals surface area contributed by atoms with Gasteiger partial charge in [0.25, 0.3) is 6.43 Å². The summed E-state index contributed by atoms with van der Waals surface area (Å²) in [5.41, 5.74) is 5.58. The molecule has 0 spiro atoms. The Hall–Kier alpha value is -1.03. The number of rotatable bonds is 3. The smallest absolute Gasteiger partial charge is 0.256 e.